The SMILES string of the molecule is C/C=C\C(=C/CC)CN1CCCC(C)C1.Nc1cccc(=O)[nH]1. The lowest BCUT2D eigenvalue weighted by Crippen LogP contribution is -2.35. The van der Waals surface area contributed by atoms with E-state index in [4.69, 9.17) is 5.73 Å². The van der Waals surface area contributed by atoms with Gasteiger partial charge >= 0.3 is 0 Å². The first-order chi connectivity index (χ1) is 11.0. The lowest BCUT2D eigenvalue weighted by atomic mass is 9.99. The van der Waals surface area contributed by atoms with Crippen LogP contribution < -0.4 is 11.3 Å². The molecule has 1 atom stereocenters. The topological polar surface area (TPSA) is 62.1 Å². The predicted molar refractivity (Wildman–Crippen MR) is 99.5 cm³/mol. The number of nitrogens with zero attached hydrogens (tertiary/aromatic N) is 1. The molecule has 2 rings (SSSR count). The van der Waals surface area contributed by atoms with Crippen molar-refractivity contribution in [1.82, 2.24) is 9.88 Å². The molecule has 1 aromatic heterocycles. The number of nitrogens with two attached hydrogens (primary N) is 1. The average molecular weight is 317 g/mol. The molecule has 4 nitrogen and oxygen atoms in total. The molecule has 0 aliphatic carbocycles. The number of nitrogens with one attached hydrogen (secondary N) is 1. The highest BCUT2D eigenvalue weighted by Gasteiger charge is 2.15. The van der Waals surface area contributed by atoms with E-state index in [0.717, 1.165) is 18.9 Å². The molecule has 0 spiro atoms. The molecular weight excluding hydrogens is 286 g/mol. The van der Waals surface area contributed by atoms with Gasteiger partial charge < -0.3 is 10.7 Å². The largest absolute Gasteiger partial charge is 0.385 e. The number of aromatic nitrogens is 1. The van der Waals surface area contributed by atoms with Crippen molar-refractivity contribution in [2.24, 2.45) is 5.92 Å². The monoisotopic (exact) mass is 317 g/mol. The first kappa shape index (κ1) is 19.2. The summed E-state index contributed by atoms with van der Waals surface area (Å²) in [5.41, 5.74) is 6.52. The maximum absolute atomic E-state index is 10.4. The number of anilines is 1. The molecular formula is C19H31N3O. The molecule has 1 saturated heterocycles. The van der Waals surface area contributed by atoms with E-state index in [1.54, 1.807) is 12.1 Å². The lowest BCUT2D eigenvalue weighted by Gasteiger charge is -2.31. The Morgan fingerprint density at radius 1 is 1.48 bits per heavy atom. The van der Waals surface area contributed by atoms with Crippen LogP contribution in [0.5, 0.6) is 0 Å². The maximum atomic E-state index is 10.4. The second kappa shape index (κ2) is 10.8. The van der Waals surface area contributed by atoms with E-state index >= 15 is 0 Å². The van der Waals surface area contributed by atoms with Crippen LogP contribution in [-0.2, 0) is 0 Å². The summed E-state index contributed by atoms with van der Waals surface area (Å²) in [7, 11) is 0. The minimum Gasteiger partial charge on any atom is -0.385 e. The zero-order chi connectivity index (χ0) is 17.1. The van der Waals surface area contributed by atoms with Crippen LogP contribution in [0.1, 0.15) is 40.0 Å². The average Bonchev–Trinajstić information content (AvgIpc) is 2.48. The van der Waals surface area contributed by atoms with Crippen LogP contribution in [-0.4, -0.2) is 29.5 Å². The molecule has 1 aromatic rings. The molecule has 1 fully saturated rings. The summed E-state index contributed by atoms with van der Waals surface area (Å²) in [6.07, 6.45) is 10.7. The molecule has 0 amide bonds. The summed E-state index contributed by atoms with van der Waals surface area (Å²) >= 11 is 0. The molecule has 1 unspecified atom stereocenters. The Hall–Kier alpha value is -1.81. The van der Waals surface area contributed by atoms with Gasteiger partial charge in [-0.05, 0) is 50.3 Å². The highest BCUT2D eigenvalue weighted by atomic mass is 16.1. The van der Waals surface area contributed by atoms with Crippen molar-refractivity contribution >= 4 is 5.82 Å². The van der Waals surface area contributed by atoms with E-state index in [1.807, 2.05) is 0 Å². The van der Waals surface area contributed by atoms with Crippen molar-refractivity contribution < 1.29 is 0 Å². The number of H-pyrrole nitrogens is 1. The Morgan fingerprint density at radius 2 is 2.26 bits per heavy atom. The third-order valence-electron chi connectivity index (χ3n) is 3.79. The molecule has 1 aliphatic rings. The van der Waals surface area contributed by atoms with Crippen LogP contribution in [0.25, 0.3) is 0 Å². The normalized spacial score (nSPS) is 19.4. The Balaban J connectivity index is 0.000000277. The van der Waals surface area contributed by atoms with Crippen LogP contribution in [0.3, 0.4) is 0 Å². The number of rotatable bonds is 4. The molecule has 3 N–H and O–H groups in total. The van der Waals surface area contributed by atoms with Gasteiger partial charge in [0.2, 0.25) is 5.56 Å². The number of nitrogen functional groups attached to an aromatic ring is 1. The molecule has 128 valence electrons. The fraction of sp³-hybridized carbons (Fsp3) is 0.526. The summed E-state index contributed by atoms with van der Waals surface area (Å²) in [6, 6.07) is 4.64. The van der Waals surface area contributed by atoms with Crippen molar-refractivity contribution in [1.29, 1.82) is 0 Å². The number of aromatic amines is 1. The number of hydrogen-bond donors (Lipinski definition) is 2. The smallest absolute Gasteiger partial charge is 0.249 e. The zero-order valence-corrected chi connectivity index (χ0v) is 14.7. The van der Waals surface area contributed by atoms with Crippen LogP contribution in [0.15, 0.2) is 46.8 Å². The van der Waals surface area contributed by atoms with Crippen molar-refractivity contribution in [3.63, 3.8) is 0 Å². The summed E-state index contributed by atoms with van der Waals surface area (Å²) in [6.45, 7) is 10.4. The Kier molecular flexibility index (Phi) is 9.07. The minimum atomic E-state index is -0.162. The Morgan fingerprint density at radius 3 is 2.78 bits per heavy atom. The molecule has 0 saturated carbocycles. The second-order valence-electron chi connectivity index (χ2n) is 6.14. The van der Waals surface area contributed by atoms with Crippen LogP contribution in [0.4, 0.5) is 5.82 Å². The zero-order valence-electron chi connectivity index (χ0n) is 14.7. The third kappa shape index (κ3) is 8.41. The fourth-order valence-electron chi connectivity index (χ4n) is 2.81. The van der Waals surface area contributed by atoms with Gasteiger partial charge in [0, 0.05) is 19.2 Å². The van der Waals surface area contributed by atoms with Crippen molar-refractivity contribution in [2.45, 2.75) is 40.0 Å². The second-order valence-corrected chi connectivity index (χ2v) is 6.14. The lowest BCUT2D eigenvalue weighted by molar-refractivity contribution is 0.199. The number of likely N-dealkylation sites (tertiary alicyclic amines) is 1. The van der Waals surface area contributed by atoms with Gasteiger partial charge in [0.1, 0.15) is 5.82 Å². The highest BCUT2D eigenvalue weighted by molar-refractivity contribution is 5.25. The molecule has 0 aromatic carbocycles. The van der Waals surface area contributed by atoms with Gasteiger partial charge in [0.05, 0.1) is 0 Å². The van der Waals surface area contributed by atoms with Gasteiger partial charge in [0.15, 0.2) is 0 Å². The number of pyridine rings is 1. The Labute approximate surface area is 140 Å². The Bertz CT molecular complexity index is 560. The van der Waals surface area contributed by atoms with Gasteiger partial charge in [-0.25, -0.2) is 0 Å². The number of hydrogen-bond acceptors (Lipinski definition) is 3. The van der Waals surface area contributed by atoms with Crippen molar-refractivity contribution in [3.8, 4) is 0 Å². The van der Waals surface area contributed by atoms with E-state index in [-0.39, 0.29) is 5.56 Å². The van der Waals surface area contributed by atoms with Gasteiger partial charge in [-0.15, -0.1) is 0 Å². The summed E-state index contributed by atoms with van der Waals surface area (Å²) in [4.78, 5) is 15.3. The quantitative estimate of drug-likeness (QED) is 0.834. The van der Waals surface area contributed by atoms with Crippen molar-refractivity contribution in [2.75, 3.05) is 25.4 Å². The standard InChI is InChI=1S/C14H25N.C5H6N2O/c1-4-7-14(8-5-2)12-15-10-6-9-13(3)11-15;6-4-2-1-3-5(8)7-4/h4,7-8,13H,5-6,9-12H2,1-3H3;1-3H,(H3,6,7,8)/b7-4-,14-8+;. The fourth-order valence-corrected chi connectivity index (χ4v) is 2.81. The molecule has 0 radical (unpaired) electrons. The third-order valence-corrected chi connectivity index (χ3v) is 3.79. The van der Waals surface area contributed by atoms with E-state index in [2.05, 4.69) is 48.9 Å². The predicted octanol–water partition coefficient (Wildman–Crippen LogP) is 3.59. The van der Waals surface area contributed by atoms with Gasteiger partial charge in [-0.3, -0.25) is 9.69 Å². The molecule has 0 bridgehead atoms. The van der Waals surface area contributed by atoms with E-state index in [9.17, 15) is 4.79 Å². The van der Waals surface area contributed by atoms with Crippen LogP contribution in [0.2, 0.25) is 0 Å². The molecule has 2 heterocycles. The molecule has 23 heavy (non-hydrogen) atoms. The van der Waals surface area contributed by atoms with Gasteiger partial charge in [0.25, 0.3) is 0 Å². The number of allylic oxidation sites excluding steroid dienone is 2. The minimum absolute atomic E-state index is 0.162. The van der Waals surface area contributed by atoms with Gasteiger partial charge in [-0.1, -0.05) is 38.1 Å². The van der Waals surface area contributed by atoms with E-state index in [0.29, 0.717) is 5.82 Å². The van der Waals surface area contributed by atoms with E-state index in [1.165, 1.54) is 37.6 Å². The van der Waals surface area contributed by atoms with Crippen LogP contribution in [0, 0.1) is 5.92 Å². The summed E-state index contributed by atoms with van der Waals surface area (Å²) in [5.74, 6) is 1.28. The van der Waals surface area contributed by atoms with Crippen LogP contribution >= 0.6 is 0 Å². The number of piperidine rings is 1. The molecule has 1 aliphatic heterocycles. The van der Waals surface area contributed by atoms with E-state index < -0.39 is 0 Å². The first-order valence-corrected chi connectivity index (χ1v) is 8.54. The highest BCUT2D eigenvalue weighted by Crippen LogP contribution is 2.16. The maximum Gasteiger partial charge on any atom is 0.249 e. The molecule has 4 heteroatoms. The summed E-state index contributed by atoms with van der Waals surface area (Å²) in [5, 5.41) is 0. The first-order valence-electron chi connectivity index (χ1n) is 8.54. The van der Waals surface area contributed by atoms with Crippen molar-refractivity contribution in [3.05, 3.63) is 52.4 Å². The summed E-state index contributed by atoms with van der Waals surface area (Å²) < 4.78 is 0. The van der Waals surface area contributed by atoms with Gasteiger partial charge in [-0.2, -0.15) is 0 Å².